The number of hydrogen-bond donors (Lipinski definition) is 0. The quantitative estimate of drug-likeness (QED) is 0.0497. The standard InChI is InChI=1S/C40H44N3O10/c1-41(2)27-13-15-29-34(21-27)53-35-22-28(42(3)4)14-16-30(35)40(29)26-12-17-31(43(23-37(44)47-5)24-38(45)48-6)36(20-26)51-19-18-50-32-10-8-9-11-33(32)52-25-39(46)49-7/h8-17,20-22H,18-19,23-25H2,1-7H3/q+1. The van der Waals surface area contributed by atoms with Crippen molar-refractivity contribution in [2.75, 3.05) is 92.2 Å². The first-order chi connectivity index (χ1) is 25.5. The number of nitrogens with zero attached hydrogens (tertiary/aromatic N) is 3. The number of fused-ring (bicyclic) bond motifs is 2. The molecule has 3 aromatic carbocycles. The summed E-state index contributed by atoms with van der Waals surface area (Å²) in [6, 6.07) is 24.7. The molecule has 0 N–H and O–H groups in total. The third-order valence-corrected chi connectivity index (χ3v) is 8.43. The van der Waals surface area contributed by atoms with Gasteiger partial charge in [-0.05, 0) is 48.0 Å². The van der Waals surface area contributed by atoms with Crippen LogP contribution in [0.5, 0.6) is 17.2 Å². The average Bonchev–Trinajstić information content (AvgIpc) is 3.16. The second-order valence-electron chi connectivity index (χ2n) is 12.3. The van der Waals surface area contributed by atoms with E-state index in [1.807, 2.05) is 86.2 Å². The molecule has 278 valence electrons. The van der Waals surface area contributed by atoms with Gasteiger partial charge in [0.25, 0.3) is 0 Å². The molecule has 0 saturated carbocycles. The van der Waals surface area contributed by atoms with E-state index >= 15 is 0 Å². The Kier molecular flexibility index (Phi) is 12.4. The van der Waals surface area contributed by atoms with Crippen molar-refractivity contribution in [2.24, 2.45) is 0 Å². The topological polar surface area (TPSA) is 129 Å². The summed E-state index contributed by atoms with van der Waals surface area (Å²) in [4.78, 5) is 40.3. The van der Waals surface area contributed by atoms with Gasteiger partial charge in [0.05, 0.1) is 33.1 Å². The minimum atomic E-state index is -0.550. The van der Waals surface area contributed by atoms with Crippen LogP contribution in [0.1, 0.15) is 0 Å². The molecule has 0 bridgehead atoms. The van der Waals surface area contributed by atoms with E-state index in [9.17, 15) is 14.4 Å². The van der Waals surface area contributed by atoms with Crippen LogP contribution < -0.4 is 33.9 Å². The van der Waals surface area contributed by atoms with E-state index < -0.39 is 17.9 Å². The van der Waals surface area contributed by atoms with Gasteiger partial charge in [0.15, 0.2) is 18.1 Å². The van der Waals surface area contributed by atoms with Gasteiger partial charge in [-0.25, -0.2) is 9.37 Å². The first kappa shape index (κ1) is 38.0. The van der Waals surface area contributed by atoms with Gasteiger partial charge in [-0.3, -0.25) is 9.59 Å². The van der Waals surface area contributed by atoms with E-state index in [4.69, 9.17) is 28.1 Å². The Labute approximate surface area is 307 Å². The van der Waals surface area contributed by atoms with Gasteiger partial charge in [-0.2, -0.15) is 0 Å². The highest BCUT2D eigenvalue weighted by molar-refractivity contribution is 6.03. The number of benzene rings is 4. The lowest BCUT2D eigenvalue weighted by molar-refractivity contribution is -0.143. The summed E-state index contributed by atoms with van der Waals surface area (Å²) in [6.45, 7) is -0.593. The molecule has 53 heavy (non-hydrogen) atoms. The van der Waals surface area contributed by atoms with Crippen molar-refractivity contribution in [2.45, 2.75) is 0 Å². The van der Waals surface area contributed by atoms with Gasteiger partial charge < -0.3 is 42.6 Å². The zero-order valence-corrected chi connectivity index (χ0v) is 31.0. The van der Waals surface area contributed by atoms with E-state index in [-0.39, 0.29) is 32.9 Å². The fourth-order valence-corrected chi connectivity index (χ4v) is 5.64. The van der Waals surface area contributed by atoms with Gasteiger partial charge in [0.1, 0.15) is 57.5 Å². The summed E-state index contributed by atoms with van der Waals surface area (Å²) >= 11 is 0. The molecule has 3 aromatic rings. The number of carbonyl (C=O) groups is 3. The Morgan fingerprint density at radius 2 is 1.34 bits per heavy atom. The van der Waals surface area contributed by atoms with Gasteiger partial charge >= 0.3 is 17.9 Å². The second kappa shape index (κ2) is 17.3. The number of esters is 3. The first-order valence-corrected chi connectivity index (χ1v) is 16.8. The highest BCUT2D eigenvalue weighted by atomic mass is 16.6. The minimum Gasteiger partial charge on any atom is -0.488 e. The summed E-state index contributed by atoms with van der Waals surface area (Å²) in [6.07, 6.45) is 0. The molecule has 1 heterocycles. The van der Waals surface area contributed by atoms with Crippen LogP contribution in [-0.4, -0.2) is 100 Å². The molecule has 0 saturated heterocycles. The predicted octanol–water partition coefficient (Wildman–Crippen LogP) is 4.46. The van der Waals surface area contributed by atoms with E-state index in [2.05, 4.69) is 4.74 Å². The fraction of sp³-hybridized carbons (Fsp3) is 0.300. The molecule has 13 nitrogen and oxygen atoms in total. The van der Waals surface area contributed by atoms with Crippen LogP contribution in [0.2, 0.25) is 0 Å². The Bertz CT molecular complexity index is 2120. The zero-order valence-electron chi connectivity index (χ0n) is 31.0. The summed E-state index contributed by atoms with van der Waals surface area (Å²) in [7, 11) is 11.7. The van der Waals surface area contributed by atoms with Crippen molar-refractivity contribution in [3.63, 3.8) is 0 Å². The lowest BCUT2D eigenvalue weighted by atomic mass is 9.93. The van der Waals surface area contributed by atoms with Gasteiger partial charge in [-0.15, -0.1) is 0 Å². The molecule has 0 aromatic heterocycles. The number of ether oxygens (including phenoxy) is 6. The summed E-state index contributed by atoms with van der Waals surface area (Å²) in [5, 5.41) is 1.86. The van der Waals surface area contributed by atoms with Crippen molar-refractivity contribution in [1.82, 2.24) is 4.58 Å². The third kappa shape index (κ3) is 9.17. The molecule has 1 aliphatic carbocycles. The third-order valence-electron chi connectivity index (χ3n) is 8.43. The number of para-hydroxylation sites is 2. The maximum atomic E-state index is 12.5. The molecule has 0 amide bonds. The molecule has 13 heteroatoms. The highest BCUT2D eigenvalue weighted by Gasteiger charge is 2.24. The van der Waals surface area contributed by atoms with Crippen molar-refractivity contribution in [1.29, 1.82) is 0 Å². The van der Waals surface area contributed by atoms with E-state index in [0.29, 0.717) is 34.3 Å². The fourth-order valence-electron chi connectivity index (χ4n) is 5.64. The molecule has 0 radical (unpaired) electrons. The molecule has 0 fully saturated rings. The number of methoxy groups -OCH3 is 3. The summed E-state index contributed by atoms with van der Waals surface area (Å²) in [5.74, 6) is 0.226. The Morgan fingerprint density at radius 1 is 0.698 bits per heavy atom. The number of carbonyl (C=O) groups excluding carboxylic acids is 3. The molecule has 0 unspecified atom stereocenters. The minimum absolute atomic E-state index is 0.0656. The zero-order chi connectivity index (χ0) is 38.1. The van der Waals surface area contributed by atoms with Crippen molar-refractivity contribution >= 4 is 40.3 Å². The average molecular weight is 727 g/mol. The SMILES string of the molecule is COC(=O)COc1ccccc1OCCOc1cc(-c2c3ccc(=[N+](C)C)cc-3oc3cc(N(C)C)ccc23)ccc1N(CC(=O)OC)CC(=O)OC. The number of anilines is 2. The van der Waals surface area contributed by atoms with Gasteiger partial charge in [-0.1, -0.05) is 18.2 Å². The van der Waals surface area contributed by atoms with Crippen molar-refractivity contribution in [3.8, 4) is 39.7 Å². The van der Waals surface area contributed by atoms with Crippen LogP contribution in [0.25, 0.3) is 33.4 Å². The van der Waals surface area contributed by atoms with Crippen molar-refractivity contribution in [3.05, 3.63) is 84.2 Å². The van der Waals surface area contributed by atoms with E-state index in [1.54, 1.807) is 30.3 Å². The number of hydrogen-bond acceptors (Lipinski definition) is 12. The number of rotatable bonds is 15. The molecule has 0 spiro atoms. The normalized spacial score (nSPS) is 10.8. The second-order valence-corrected chi connectivity index (χ2v) is 12.3. The van der Waals surface area contributed by atoms with Crippen LogP contribution in [0.3, 0.4) is 0 Å². The lowest BCUT2D eigenvalue weighted by Crippen LogP contribution is -2.36. The maximum Gasteiger partial charge on any atom is 0.343 e. The lowest BCUT2D eigenvalue weighted by Gasteiger charge is -2.26. The first-order valence-electron chi connectivity index (χ1n) is 16.8. The molecule has 5 rings (SSSR count). The molecule has 0 atom stereocenters. The maximum absolute atomic E-state index is 12.5. The van der Waals surface area contributed by atoms with Crippen LogP contribution in [0.15, 0.2) is 83.3 Å². The predicted molar refractivity (Wildman–Crippen MR) is 201 cm³/mol. The van der Waals surface area contributed by atoms with Crippen LogP contribution in [-0.2, 0) is 28.6 Å². The van der Waals surface area contributed by atoms with Crippen LogP contribution in [0.4, 0.5) is 11.4 Å². The molecular weight excluding hydrogens is 682 g/mol. The summed E-state index contributed by atoms with van der Waals surface area (Å²) < 4.78 is 41.1. The Morgan fingerprint density at radius 3 is 1.96 bits per heavy atom. The van der Waals surface area contributed by atoms with E-state index in [0.717, 1.165) is 33.1 Å². The van der Waals surface area contributed by atoms with Crippen molar-refractivity contribution < 1.29 is 47.2 Å². The smallest absolute Gasteiger partial charge is 0.343 e. The Hall–Kier alpha value is -6.24. The van der Waals surface area contributed by atoms with Gasteiger partial charge in [0.2, 0.25) is 5.36 Å². The van der Waals surface area contributed by atoms with Crippen LogP contribution >= 0.6 is 0 Å². The Balaban J connectivity index is 1.59. The molecule has 2 aliphatic rings. The van der Waals surface area contributed by atoms with Gasteiger partial charge in [0, 0.05) is 48.4 Å². The monoisotopic (exact) mass is 726 g/mol. The summed E-state index contributed by atoms with van der Waals surface area (Å²) in [5.41, 5.74) is 4.74. The van der Waals surface area contributed by atoms with Crippen LogP contribution in [0, 0.1) is 0 Å². The largest absolute Gasteiger partial charge is 0.488 e. The molecule has 1 aliphatic heterocycles. The van der Waals surface area contributed by atoms with E-state index in [1.165, 1.54) is 26.2 Å². The highest BCUT2D eigenvalue weighted by Crippen LogP contribution is 2.43. The molecular formula is C40H44N3O10+.